The molecule has 1 rings (SSSR count). The quantitative estimate of drug-likeness (QED) is 0.280. The maximum atomic E-state index is 2.26. The molecule has 1 saturated carbocycles. The molecule has 0 saturated heterocycles. The number of hydrogen-bond acceptors (Lipinski definition) is 0. The van der Waals surface area contributed by atoms with E-state index in [1.165, 1.54) is 25.7 Å². The third-order valence-corrected chi connectivity index (χ3v) is 1.46. The van der Waals surface area contributed by atoms with Gasteiger partial charge in [0.1, 0.15) is 0 Å². The van der Waals surface area contributed by atoms with E-state index < -0.39 is 0 Å². The van der Waals surface area contributed by atoms with Crippen LogP contribution in [0.4, 0.5) is 0 Å². The summed E-state index contributed by atoms with van der Waals surface area (Å²) in [6, 6.07) is 0. The van der Waals surface area contributed by atoms with Gasteiger partial charge in [0.05, 0.1) is 0 Å². The molecule has 0 N–H and O–H groups in total. The molecular formula is C6H11IMg. The number of hydrogen-bond donors (Lipinski definition) is 0. The average molecular weight is 234 g/mol. The zero-order valence-electron chi connectivity index (χ0n) is 5.41. The Morgan fingerprint density at radius 2 is 1.50 bits per heavy atom. The predicted octanol–water partition coefficient (Wildman–Crippen LogP) is -1.22. The Morgan fingerprint density at radius 1 is 1.12 bits per heavy atom. The van der Waals surface area contributed by atoms with E-state index in [4.69, 9.17) is 0 Å². The first-order valence-electron chi connectivity index (χ1n) is 2.71. The van der Waals surface area contributed by atoms with Gasteiger partial charge in [-0.2, -0.15) is 19.8 Å². The molecule has 0 aromatic heterocycles. The molecule has 0 spiro atoms. The van der Waals surface area contributed by atoms with Crippen LogP contribution in [0.15, 0.2) is 0 Å². The fourth-order valence-electron chi connectivity index (χ4n) is 0.979. The molecule has 0 aliphatic heterocycles. The normalized spacial score (nSPS) is 19.1. The van der Waals surface area contributed by atoms with Crippen molar-refractivity contribution in [2.75, 3.05) is 0 Å². The third kappa shape index (κ3) is 4.38. The van der Waals surface area contributed by atoms with Crippen LogP contribution < -0.4 is 24.0 Å². The van der Waals surface area contributed by atoms with E-state index in [1.807, 2.05) is 0 Å². The summed E-state index contributed by atoms with van der Waals surface area (Å²) in [5, 5.41) is 0. The minimum atomic E-state index is 0. The van der Waals surface area contributed by atoms with Crippen molar-refractivity contribution < 1.29 is 24.0 Å². The van der Waals surface area contributed by atoms with Crippen LogP contribution >= 0.6 is 0 Å². The first-order chi connectivity index (χ1) is 2.89. The Hall–Kier alpha value is 1.50. The Balaban J connectivity index is 0. The molecule has 0 atom stereocenters. The van der Waals surface area contributed by atoms with E-state index in [-0.39, 0.29) is 47.0 Å². The van der Waals surface area contributed by atoms with Gasteiger partial charge in [-0.3, -0.25) is 0 Å². The summed E-state index contributed by atoms with van der Waals surface area (Å²) in [7, 11) is 0. The predicted molar refractivity (Wildman–Crippen MR) is 33.1 cm³/mol. The van der Waals surface area contributed by atoms with E-state index in [0.717, 1.165) is 0 Å². The molecular weight excluding hydrogens is 223 g/mol. The minimum absolute atomic E-state index is 0. The molecule has 0 unspecified atom stereocenters. The van der Waals surface area contributed by atoms with Gasteiger partial charge in [-0.05, 0) is 0 Å². The monoisotopic (exact) mass is 234 g/mol. The molecule has 8 heavy (non-hydrogen) atoms. The fourth-order valence-corrected chi connectivity index (χ4v) is 0.979. The van der Waals surface area contributed by atoms with Crippen molar-refractivity contribution in [3.8, 4) is 0 Å². The molecule has 0 aromatic carbocycles. The number of halogens is 1. The standard InChI is InChI=1S/C6H11.HI.Mg/c1-6-4-2-3-5-6;;/h2-5H2,1H3;1H;/q-1;;+2/p-1. The summed E-state index contributed by atoms with van der Waals surface area (Å²) in [5.74, 6) is 1.70. The van der Waals surface area contributed by atoms with E-state index in [9.17, 15) is 0 Å². The number of rotatable bonds is 0. The van der Waals surface area contributed by atoms with Gasteiger partial charge in [0, 0.05) is 0 Å². The Morgan fingerprint density at radius 3 is 1.62 bits per heavy atom. The van der Waals surface area contributed by atoms with E-state index >= 15 is 0 Å². The van der Waals surface area contributed by atoms with Crippen LogP contribution in [0.1, 0.15) is 32.6 Å². The molecule has 0 aromatic rings. The van der Waals surface area contributed by atoms with Crippen molar-refractivity contribution >= 4 is 23.1 Å². The van der Waals surface area contributed by atoms with Gasteiger partial charge in [-0.1, -0.05) is 12.8 Å². The van der Waals surface area contributed by atoms with Gasteiger partial charge >= 0.3 is 23.1 Å². The van der Waals surface area contributed by atoms with Crippen LogP contribution in [0.3, 0.4) is 0 Å². The largest absolute Gasteiger partial charge is 2.00 e. The van der Waals surface area contributed by atoms with Crippen molar-refractivity contribution in [2.24, 2.45) is 0 Å². The first-order valence-corrected chi connectivity index (χ1v) is 2.71. The van der Waals surface area contributed by atoms with E-state index in [1.54, 1.807) is 5.92 Å². The summed E-state index contributed by atoms with van der Waals surface area (Å²) in [4.78, 5) is 0. The maximum absolute atomic E-state index is 2.26. The second kappa shape index (κ2) is 6.61. The SMILES string of the molecule is C[C-]1CCCC1.[I-].[Mg+2]. The van der Waals surface area contributed by atoms with Crippen molar-refractivity contribution in [1.82, 2.24) is 0 Å². The van der Waals surface area contributed by atoms with E-state index in [0.29, 0.717) is 0 Å². The fraction of sp³-hybridized carbons (Fsp3) is 0.833. The molecule has 0 nitrogen and oxygen atoms in total. The molecule has 0 bridgehead atoms. The average Bonchev–Trinajstić information content (AvgIpc) is 1.86. The molecule has 1 fully saturated rings. The van der Waals surface area contributed by atoms with Crippen LogP contribution in [0.25, 0.3) is 0 Å². The van der Waals surface area contributed by atoms with Gasteiger partial charge in [-0.15, -0.1) is 0 Å². The third-order valence-electron chi connectivity index (χ3n) is 1.46. The van der Waals surface area contributed by atoms with Gasteiger partial charge in [0.15, 0.2) is 0 Å². The zero-order chi connectivity index (χ0) is 4.41. The van der Waals surface area contributed by atoms with Crippen molar-refractivity contribution in [1.29, 1.82) is 0 Å². The maximum Gasteiger partial charge on any atom is 2.00 e. The zero-order valence-corrected chi connectivity index (χ0v) is 8.99. The summed E-state index contributed by atoms with van der Waals surface area (Å²) < 4.78 is 0. The molecule has 0 heterocycles. The Bertz CT molecular complexity index is 41.8. The molecule has 0 amide bonds. The molecule has 1 aliphatic rings. The Labute approximate surface area is 85.0 Å². The van der Waals surface area contributed by atoms with Crippen molar-refractivity contribution in [2.45, 2.75) is 32.6 Å². The summed E-state index contributed by atoms with van der Waals surface area (Å²) in [6.07, 6.45) is 5.71. The smallest absolute Gasteiger partial charge is 1.00 e. The first kappa shape index (κ1) is 12.2. The molecule has 0 radical (unpaired) electrons. The summed E-state index contributed by atoms with van der Waals surface area (Å²) in [6.45, 7) is 2.26. The van der Waals surface area contributed by atoms with Gasteiger partial charge in [0.2, 0.25) is 0 Å². The molecule has 1 aliphatic carbocycles. The second-order valence-corrected chi connectivity index (χ2v) is 2.16. The summed E-state index contributed by atoms with van der Waals surface area (Å²) in [5.41, 5.74) is 0. The van der Waals surface area contributed by atoms with Crippen LogP contribution in [0.2, 0.25) is 0 Å². The molecule has 44 valence electrons. The summed E-state index contributed by atoms with van der Waals surface area (Å²) >= 11 is 0. The van der Waals surface area contributed by atoms with Crippen LogP contribution in [0, 0.1) is 5.92 Å². The van der Waals surface area contributed by atoms with Gasteiger partial charge < -0.3 is 29.9 Å². The Kier molecular flexibility index (Phi) is 10.1. The minimum Gasteiger partial charge on any atom is -1.00 e. The van der Waals surface area contributed by atoms with Crippen LogP contribution in [-0.2, 0) is 0 Å². The van der Waals surface area contributed by atoms with Crippen LogP contribution in [0.5, 0.6) is 0 Å². The van der Waals surface area contributed by atoms with E-state index in [2.05, 4.69) is 6.92 Å². The van der Waals surface area contributed by atoms with Crippen molar-refractivity contribution in [3.05, 3.63) is 5.92 Å². The van der Waals surface area contributed by atoms with Gasteiger partial charge in [0.25, 0.3) is 0 Å². The topological polar surface area (TPSA) is 0 Å². The van der Waals surface area contributed by atoms with Gasteiger partial charge in [-0.25, -0.2) is 0 Å². The van der Waals surface area contributed by atoms with Crippen LogP contribution in [-0.4, -0.2) is 23.1 Å². The van der Waals surface area contributed by atoms with Crippen molar-refractivity contribution in [3.63, 3.8) is 0 Å². The molecule has 2 heteroatoms. The second-order valence-electron chi connectivity index (χ2n) is 2.16.